The number of rotatable bonds is 5. The predicted octanol–water partition coefficient (Wildman–Crippen LogP) is 3.23. The smallest absolute Gasteiger partial charge is 0.242 e. The average molecular weight is 322 g/mol. The lowest BCUT2D eigenvalue weighted by atomic mass is 10.2. The molecule has 0 atom stereocenters. The molecule has 4 nitrogen and oxygen atoms in total. The van der Waals surface area contributed by atoms with Crippen molar-refractivity contribution in [2.24, 2.45) is 0 Å². The number of aromatic nitrogens is 1. The number of aryl methyl sites for hydroxylation is 1. The van der Waals surface area contributed by atoms with Gasteiger partial charge in [-0.05, 0) is 45.0 Å². The van der Waals surface area contributed by atoms with Gasteiger partial charge < -0.3 is 0 Å². The summed E-state index contributed by atoms with van der Waals surface area (Å²) in [5, 5.41) is 0.766. The highest BCUT2D eigenvalue weighted by atomic mass is 32.2. The van der Waals surface area contributed by atoms with E-state index in [1.54, 1.807) is 26.0 Å². The molecule has 0 bridgehead atoms. The Morgan fingerprint density at radius 1 is 1.10 bits per heavy atom. The molecule has 1 N–H and O–H groups in total. The van der Waals surface area contributed by atoms with Crippen LogP contribution in [0.2, 0.25) is 0 Å². The maximum atomic E-state index is 12.0. The number of benzene rings is 1. The summed E-state index contributed by atoms with van der Waals surface area (Å²) in [5.41, 5.74) is 1.20. The Labute approximate surface area is 130 Å². The van der Waals surface area contributed by atoms with Crippen LogP contribution in [-0.4, -0.2) is 19.4 Å². The molecule has 2 aromatic rings. The maximum Gasteiger partial charge on any atom is 0.242 e. The molecule has 0 aliphatic heterocycles. The van der Waals surface area contributed by atoms with Gasteiger partial charge in [-0.3, -0.25) is 0 Å². The molecule has 0 spiro atoms. The second-order valence-corrected chi connectivity index (χ2v) is 7.83. The highest BCUT2D eigenvalue weighted by molar-refractivity contribution is 7.99. The molecule has 1 heterocycles. The first kappa shape index (κ1) is 16.0. The Bertz CT molecular complexity index is 693. The number of sulfonamides is 1. The van der Waals surface area contributed by atoms with Gasteiger partial charge in [-0.1, -0.05) is 29.5 Å². The Morgan fingerprint density at radius 3 is 2.29 bits per heavy atom. The summed E-state index contributed by atoms with van der Waals surface area (Å²) in [6.07, 6.45) is 1.39. The van der Waals surface area contributed by atoms with Gasteiger partial charge in [0.2, 0.25) is 10.0 Å². The zero-order valence-electron chi connectivity index (χ0n) is 12.2. The lowest BCUT2D eigenvalue weighted by molar-refractivity contribution is 0.569. The number of nitrogens with zero attached hydrogens (tertiary/aromatic N) is 1. The third-order valence-electron chi connectivity index (χ3n) is 2.65. The lowest BCUT2D eigenvalue weighted by Gasteiger charge is -2.09. The van der Waals surface area contributed by atoms with Crippen LogP contribution in [0.1, 0.15) is 19.4 Å². The van der Waals surface area contributed by atoms with Gasteiger partial charge in [0.25, 0.3) is 0 Å². The van der Waals surface area contributed by atoms with Gasteiger partial charge in [0.1, 0.15) is 9.92 Å². The van der Waals surface area contributed by atoms with E-state index in [4.69, 9.17) is 0 Å². The number of hydrogen-bond acceptors (Lipinski definition) is 4. The fourth-order valence-electron chi connectivity index (χ4n) is 1.69. The minimum Gasteiger partial charge on any atom is -0.248 e. The first-order valence-corrected chi connectivity index (χ1v) is 8.90. The van der Waals surface area contributed by atoms with Gasteiger partial charge in [-0.2, -0.15) is 0 Å². The summed E-state index contributed by atoms with van der Waals surface area (Å²) in [5.74, 6) is 0. The van der Waals surface area contributed by atoms with Crippen molar-refractivity contribution in [3.63, 3.8) is 0 Å². The molecule has 0 unspecified atom stereocenters. The van der Waals surface area contributed by atoms with Crippen molar-refractivity contribution in [1.29, 1.82) is 0 Å². The van der Waals surface area contributed by atoms with E-state index in [-0.39, 0.29) is 10.9 Å². The third kappa shape index (κ3) is 4.56. The number of hydrogen-bond donors (Lipinski definition) is 1. The highest BCUT2D eigenvalue weighted by Crippen LogP contribution is 2.26. The molecule has 6 heteroatoms. The summed E-state index contributed by atoms with van der Waals surface area (Å²) in [6, 6.07) is 11.3. The zero-order valence-corrected chi connectivity index (χ0v) is 13.8. The number of pyridine rings is 1. The van der Waals surface area contributed by atoms with Crippen LogP contribution in [0.4, 0.5) is 0 Å². The van der Waals surface area contributed by atoms with E-state index < -0.39 is 10.0 Å². The quantitative estimate of drug-likeness (QED) is 0.918. The van der Waals surface area contributed by atoms with Crippen molar-refractivity contribution in [2.45, 2.75) is 41.6 Å². The molecule has 0 saturated carbocycles. The third-order valence-corrected chi connectivity index (χ3v) is 5.26. The molecule has 0 aliphatic carbocycles. The molecular formula is C15H18N2O2S2. The van der Waals surface area contributed by atoms with Gasteiger partial charge in [-0.25, -0.2) is 18.1 Å². The van der Waals surface area contributed by atoms with Gasteiger partial charge in [0.05, 0.1) is 0 Å². The molecule has 0 amide bonds. The topological polar surface area (TPSA) is 59.1 Å². The van der Waals surface area contributed by atoms with Crippen LogP contribution in [0.5, 0.6) is 0 Å². The standard InChI is InChI=1S/C15H18N2O2S2/c1-11(2)17-21(18,19)14-8-9-15(16-10-14)20-13-6-4-12(3)5-7-13/h4-11,17H,1-3H3. The highest BCUT2D eigenvalue weighted by Gasteiger charge is 2.15. The summed E-state index contributed by atoms with van der Waals surface area (Å²) < 4.78 is 26.5. The second kappa shape index (κ2) is 6.60. The van der Waals surface area contributed by atoms with Crippen molar-refractivity contribution in [3.8, 4) is 0 Å². The van der Waals surface area contributed by atoms with Crippen molar-refractivity contribution >= 4 is 21.8 Å². The van der Waals surface area contributed by atoms with Gasteiger partial charge in [0, 0.05) is 17.1 Å². The van der Waals surface area contributed by atoms with E-state index in [0.717, 1.165) is 9.92 Å². The molecule has 1 aromatic carbocycles. The van der Waals surface area contributed by atoms with Crippen molar-refractivity contribution < 1.29 is 8.42 Å². The van der Waals surface area contributed by atoms with Crippen LogP contribution in [0.25, 0.3) is 0 Å². The largest absolute Gasteiger partial charge is 0.248 e. The van der Waals surface area contributed by atoms with Crippen LogP contribution in [0.3, 0.4) is 0 Å². The van der Waals surface area contributed by atoms with Crippen LogP contribution < -0.4 is 4.72 Å². The van der Waals surface area contributed by atoms with Crippen LogP contribution in [0.15, 0.2) is 57.4 Å². The summed E-state index contributed by atoms with van der Waals surface area (Å²) >= 11 is 1.50. The van der Waals surface area contributed by atoms with E-state index in [0.29, 0.717) is 0 Å². The van der Waals surface area contributed by atoms with Gasteiger partial charge in [-0.15, -0.1) is 0 Å². The van der Waals surface area contributed by atoms with Crippen LogP contribution in [0, 0.1) is 6.92 Å². The van der Waals surface area contributed by atoms with Crippen molar-refractivity contribution in [3.05, 3.63) is 48.2 Å². The maximum absolute atomic E-state index is 12.0. The van der Waals surface area contributed by atoms with Gasteiger partial charge in [0.15, 0.2) is 0 Å². The predicted molar refractivity (Wildman–Crippen MR) is 85.0 cm³/mol. The van der Waals surface area contributed by atoms with Crippen LogP contribution in [-0.2, 0) is 10.0 Å². The fourth-order valence-corrected chi connectivity index (χ4v) is 3.64. The van der Waals surface area contributed by atoms with Crippen molar-refractivity contribution in [2.75, 3.05) is 0 Å². The first-order chi connectivity index (χ1) is 9.87. The van der Waals surface area contributed by atoms with E-state index in [1.165, 1.54) is 23.5 Å². The SMILES string of the molecule is Cc1ccc(Sc2ccc(S(=O)(=O)NC(C)C)cn2)cc1. The Balaban J connectivity index is 2.14. The van der Waals surface area contributed by atoms with E-state index in [9.17, 15) is 8.42 Å². The first-order valence-electron chi connectivity index (χ1n) is 6.60. The summed E-state index contributed by atoms with van der Waals surface area (Å²) in [6.45, 7) is 5.60. The molecule has 0 fully saturated rings. The van der Waals surface area contributed by atoms with E-state index in [1.807, 2.05) is 31.2 Å². The monoisotopic (exact) mass is 322 g/mol. The molecule has 0 radical (unpaired) electrons. The molecule has 0 saturated heterocycles. The fraction of sp³-hybridized carbons (Fsp3) is 0.267. The summed E-state index contributed by atoms with van der Waals surface area (Å²) in [7, 11) is -3.48. The molecule has 2 rings (SSSR count). The zero-order chi connectivity index (χ0) is 15.5. The normalized spacial score (nSPS) is 11.8. The van der Waals surface area contributed by atoms with Gasteiger partial charge >= 0.3 is 0 Å². The number of nitrogens with one attached hydrogen (secondary N) is 1. The molecule has 1 aromatic heterocycles. The Hall–Kier alpha value is -1.37. The van der Waals surface area contributed by atoms with E-state index in [2.05, 4.69) is 9.71 Å². The molecule has 0 aliphatic rings. The minimum absolute atomic E-state index is 0.142. The lowest BCUT2D eigenvalue weighted by Crippen LogP contribution is -2.30. The average Bonchev–Trinajstić information content (AvgIpc) is 2.41. The van der Waals surface area contributed by atoms with Crippen molar-refractivity contribution in [1.82, 2.24) is 9.71 Å². The van der Waals surface area contributed by atoms with Crippen LogP contribution >= 0.6 is 11.8 Å². The summed E-state index contributed by atoms with van der Waals surface area (Å²) in [4.78, 5) is 5.47. The molecule has 112 valence electrons. The minimum atomic E-state index is -3.48. The Morgan fingerprint density at radius 2 is 1.76 bits per heavy atom. The Kier molecular flexibility index (Phi) is 5.03. The molecular weight excluding hydrogens is 304 g/mol. The molecule has 21 heavy (non-hydrogen) atoms. The van der Waals surface area contributed by atoms with E-state index >= 15 is 0 Å². The second-order valence-electron chi connectivity index (χ2n) is 5.02.